The van der Waals surface area contributed by atoms with E-state index in [0.717, 1.165) is 18.7 Å². The molecular formula is C16H31NO2Si. The lowest BCUT2D eigenvalue weighted by molar-refractivity contribution is -0.117. The second-order valence-corrected chi connectivity index (χ2v) is 13.0. The topological polar surface area (TPSA) is 38.3 Å². The third kappa shape index (κ3) is 5.06. The zero-order chi connectivity index (χ0) is 15.6. The maximum Gasteiger partial charge on any atom is 0.192 e. The Balaban J connectivity index is 2.41. The number of hydrogen-bond acceptors (Lipinski definition) is 3. The van der Waals surface area contributed by atoms with Crippen molar-refractivity contribution in [2.24, 2.45) is 5.41 Å². The summed E-state index contributed by atoms with van der Waals surface area (Å²) in [5.41, 5.74) is 1.14. The zero-order valence-electron chi connectivity index (χ0n) is 14.2. The number of rotatable bonds is 5. The molecule has 0 bridgehead atoms. The predicted molar refractivity (Wildman–Crippen MR) is 87.3 cm³/mol. The van der Waals surface area contributed by atoms with Crippen LogP contribution in [0.3, 0.4) is 0 Å². The zero-order valence-corrected chi connectivity index (χ0v) is 15.2. The molecule has 1 aliphatic rings. The third-order valence-corrected chi connectivity index (χ3v) is 8.92. The van der Waals surface area contributed by atoms with Gasteiger partial charge in [0, 0.05) is 24.7 Å². The molecule has 0 aliphatic heterocycles. The average Bonchev–Trinajstić information content (AvgIpc) is 2.19. The van der Waals surface area contributed by atoms with E-state index in [0.29, 0.717) is 13.0 Å². The fourth-order valence-corrected chi connectivity index (χ4v) is 3.24. The molecule has 4 heteroatoms. The van der Waals surface area contributed by atoms with Crippen LogP contribution in [0.25, 0.3) is 0 Å². The van der Waals surface area contributed by atoms with E-state index in [1.54, 1.807) is 6.08 Å². The van der Waals surface area contributed by atoms with E-state index in [1.807, 2.05) is 0 Å². The number of ketones is 1. The number of nitrogens with one attached hydrogen (secondary N) is 1. The van der Waals surface area contributed by atoms with Gasteiger partial charge in [-0.1, -0.05) is 34.6 Å². The van der Waals surface area contributed by atoms with E-state index in [-0.39, 0.29) is 16.2 Å². The molecule has 1 N–H and O–H groups in total. The Kier molecular flexibility index (Phi) is 5.25. The molecular weight excluding hydrogens is 266 g/mol. The average molecular weight is 298 g/mol. The van der Waals surface area contributed by atoms with Crippen molar-refractivity contribution in [1.82, 2.24) is 5.32 Å². The van der Waals surface area contributed by atoms with Gasteiger partial charge in [-0.05, 0) is 30.0 Å². The van der Waals surface area contributed by atoms with Crippen molar-refractivity contribution < 1.29 is 9.22 Å². The van der Waals surface area contributed by atoms with Gasteiger partial charge in [0.1, 0.15) is 0 Å². The van der Waals surface area contributed by atoms with Gasteiger partial charge < -0.3 is 9.74 Å². The molecule has 0 radical (unpaired) electrons. The van der Waals surface area contributed by atoms with Crippen molar-refractivity contribution in [2.75, 3.05) is 13.2 Å². The molecule has 0 fully saturated rings. The van der Waals surface area contributed by atoms with Crippen molar-refractivity contribution in [3.8, 4) is 0 Å². The van der Waals surface area contributed by atoms with Gasteiger partial charge in [0.25, 0.3) is 0 Å². The summed E-state index contributed by atoms with van der Waals surface area (Å²) in [7, 11) is -1.66. The van der Waals surface area contributed by atoms with Crippen LogP contribution in [0.1, 0.15) is 47.5 Å². The van der Waals surface area contributed by atoms with Crippen LogP contribution in [0.5, 0.6) is 0 Å². The molecule has 0 aromatic carbocycles. The Morgan fingerprint density at radius 3 is 2.40 bits per heavy atom. The highest BCUT2D eigenvalue weighted by Crippen LogP contribution is 2.36. The van der Waals surface area contributed by atoms with Crippen molar-refractivity contribution in [1.29, 1.82) is 0 Å². The Morgan fingerprint density at radius 1 is 1.30 bits per heavy atom. The SMILES string of the molecule is CC1(C)CC(=O)C=C(NCCO[Si](C)(C)C(C)(C)C)C1. The minimum absolute atomic E-state index is 0.0778. The van der Waals surface area contributed by atoms with E-state index in [4.69, 9.17) is 4.43 Å². The fourth-order valence-electron chi connectivity index (χ4n) is 2.19. The summed E-state index contributed by atoms with van der Waals surface area (Å²) >= 11 is 0. The number of carbonyl (C=O) groups excluding carboxylic acids is 1. The van der Waals surface area contributed by atoms with E-state index in [1.165, 1.54) is 0 Å². The largest absolute Gasteiger partial charge is 0.415 e. The van der Waals surface area contributed by atoms with Crippen LogP contribution >= 0.6 is 0 Å². The molecule has 0 saturated carbocycles. The number of allylic oxidation sites excluding steroid dienone is 2. The van der Waals surface area contributed by atoms with Gasteiger partial charge in [-0.15, -0.1) is 0 Å². The molecule has 20 heavy (non-hydrogen) atoms. The van der Waals surface area contributed by atoms with E-state index < -0.39 is 8.32 Å². The molecule has 0 heterocycles. The summed E-state index contributed by atoms with van der Waals surface area (Å²) in [4.78, 5) is 11.7. The van der Waals surface area contributed by atoms with Gasteiger partial charge in [-0.25, -0.2) is 0 Å². The molecule has 0 aromatic rings. The maximum absolute atomic E-state index is 11.7. The Morgan fingerprint density at radius 2 is 1.90 bits per heavy atom. The minimum atomic E-state index is -1.66. The fraction of sp³-hybridized carbons (Fsp3) is 0.812. The lowest BCUT2D eigenvalue weighted by Gasteiger charge is -2.36. The second kappa shape index (κ2) is 6.02. The van der Waals surface area contributed by atoms with Crippen LogP contribution < -0.4 is 5.32 Å². The smallest absolute Gasteiger partial charge is 0.192 e. The number of hydrogen-bond donors (Lipinski definition) is 1. The Bertz CT molecular complexity index is 392. The highest BCUT2D eigenvalue weighted by Gasteiger charge is 2.36. The quantitative estimate of drug-likeness (QED) is 0.618. The molecule has 1 rings (SSSR count). The molecule has 0 aromatic heterocycles. The Hall–Kier alpha value is -0.613. The standard InChI is InChI=1S/C16H31NO2Si/c1-15(2,3)20(6,7)19-9-8-17-13-10-14(18)12-16(4,5)11-13/h10,17H,8-9,11-12H2,1-7H3. The van der Waals surface area contributed by atoms with Gasteiger partial charge in [-0.3, -0.25) is 4.79 Å². The van der Waals surface area contributed by atoms with Gasteiger partial charge >= 0.3 is 0 Å². The van der Waals surface area contributed by atoms with Gasteiger partial charge in [-0.2, -0.15) is 0 Å². The van der Waals surface area contributed by atoms with E-state index in [9.17, 15) is 4.79 Å². The maximum atomic E-state index is 11.7. The minimum Gasteiger partial charge on any atom is -0.415 e. The first kappa shape index (κ1) is 17.4. The Labute approximate surface area is 125 Å². The van der Waals surface area contributed by atoms with Crippen LogP contribution in [0, 0.1) is 5.41 Å². The molecule has 116 valence electrons. The van der Waals surface area contributed by atoms with Gasteiger partial charge in [0.15, 0.2) is 14.1 Å². The van der Waals surface area contributed by atoms with Crippen molar-refractivity contribution in [3.05, 3.63) is 11.8 Å². The van der Waals surface area contributed by atoms with E-state index >= 15 is 0 Å². The molecule has 0 atom stereocenters. The first-order valence-corrected chi connectivity index (χ1v) is 10.5. The van der Waals surface area contributed by atoms with Crippen LogP contribution in [-0.4, -0.2) is 27.3 Å². The summed E-state index contributed by atoms with van der Waals surface area (Å²) in [5.74, 6) is 0.231. The predicted octanol–water partition coefficient (Wildman–Crippen LogP) is 3.87. The third-order valence-electron chi connectivity index (χ3n) is 4.38. The molecule has 0 spiro atoms. The molecule has 1 aliphatic carbocycles. The normalized spacial score (nSPS) is 19.8. The molecule has 3 nitrogen and oxygen atoms in total. The first-order valence-electron chi connectivity index (χ1n) is 7.54. The summed E-state index contributed by atoms with van der Waals surface area (Å²) in [6.07, 6.45) is 3.36. The number of carbonyl (C=O) groups is 1. The van der Waals surface area contributed by atoms with E-state index in [2.05, 4.69) is 53.0 Å². The van der Waals surface area contributed by atoms with Crippen LogP contribution in [0.15, 0.2) is 11.8 Å². The van der Waals surface area contributed by atoms with Crippen molar-refractivity contribution >= 4 is 14.1 Å². The van der Waals surface area contributed by atoms with Crippen molar-refractivity contribution in [3.63, 3.8) is 0 Å². The summed E-state index contributed by atoms with van der Waals surface area (Å²) in [6, 6.07) is 0. The van der Waals surface area contributed by atoms with Crippen LogP contribution in [0.4, 0.5) is 0 Å². The highest BCUT2D eigenvalue weighted by atomic mass is 28.4. The molecule has 0 saturated heterocycles. The summed E-state index contributed by atoms with van der Waals surface area (Å²) in [5, 5.41) is 3.61. The lowest BCUT2D eigenvalue weighted by atomic mass is 9.79. The second-order valence-electron chi connectivity index (χ2n) is 8.19. The monoisotopic (exact) mass is 297 g/mol. The van der Waals surface area contributed by atoms with Crippen LogP contribution in [-0.2, 0) is 9.22 Å². The van der Waals surface area contributed by atoms with Crippen molar-refractivity contribution in [2.45, 2.75) is 65.6 Å². The van der Waals surface area contributed by atoms with Gasteiger partial charge in [0.2, 0.25) is 0 Å². The van der Waals surface area contributed by atoms with Crippen LogP contribution in [0.2, 0.25) is 18.1 Å². The lowest BCUT2D eigenvalue weighted by Crippen LogP contribution is -2.42. The highest BCUT2D eigenvalue weighted by molar-refractivity contribution is 6.74. The first-order chi connectivity index (χ1) is 8.93. The van der Waals surface area contributed by atoms with Gasteiger partial charge in [0.05, 0.1) is 6.61 Å². The summed E-state index contributed by atoms with van der Waals surface area (Å²) < 4.78 is 6.13. The molecule has 0 amide bonds. The molecule has 0 unspecified atom stereocenters. The summed E-state index contributed by atoms with van der Waals surface area (Å²) in [6.45, 7) is 17.0.